The van der Waals surface area contributed by atoms with Gasteiger partial charge in [-0.05, 0) is 25.5 Å². The third-order valence-electron chi connectivity index (χ3n) is 2.24. The molecule has 0 aromatic carbocycles. The molecular weight excluding hydrogens is 170 g/mol. The Morgan fingerprint density at radius 1 is 1.67 bits per heavy atom. The van der Waals surface area contributed by atoms with Crippen LogP contribution in [0.2, 0.25) is 0 Å². The molecule has 2 rings (SSSR count). The average Bonchev–Trinajstić information content (AvgIpc) is 2.75. The number of nitrogens with one attached hydrogen (secondary N) is 1. The van der Waals surface area contributed by atoms with Crippen molar-refractivity contribution in [2.75, 3.05) is 13.7 Å². The molecule has 0 amide bonds. The molecule has 3 heteroatoms. The van der Waals surface area contributed by atoms with E-state index < -0.39 is 0 Å². The summed E-state index contributed by atoms with van der Waals surface area (Å²) in [6.45, 7) is 1.16. The Balaban J connectivity index is 2.11. The van der Waals surface area contributed by atoms with Gasteiger partial charge in [0.25, 0.3) is 0 Å². The minimum Gasteiger partial charge on any atom is -0.496 e. The van der Waals surface area contributed by atoms with Crippen molar-refractivity contribution in [1.29, 1.82) is 0 Å². The van der Waals surface area contributed by atoms with Crippen molar-refractivity contribution >= 4 is 11.3 Å². The second kappa shape index (κ2) is 3.46. The van der Waals surface area contributed by atoms with Gasteiger partial charge in [0, 0.05) is 16.3 Å². The van der Waals surface area contributed by atoms with Gasteiger partial charge in [-0.15, -0.1) is 11.3 Å². The van der Waals surface area contributed by atoms with E-state index in [1.54, 1.807) is 18.4 Å². The van der Waals surface area contributed by atoms with Gasteiger partial charge in [0.05, 0.1) is 7.11 Å². The van der Waals surface area contributed by atoms with Crippen LogP contribution < -0.4 is 10.1 Å². The van der Waals surface area contributed by atoms with Gasteiger partial charge in [-0.1, -0.05) is 0 Å². The summed E-state index contributed by atoms with van der Waals surface area (Å²) in [6.07, 6.45) is 2.56. The van der Waals surface area contributed by atoms with Crippen molar-refractivity contribution in [2.24, 2.45) is 0 Å². The van der Waals surface area contributed by atoms with Crippen molar-refractivity contribution in [3.8, 4) is 5.75 Å². The molecule has 0 spiro atoms. The molecule has 2 heterocycles. The maximum Gasteiger partial charge on any atom is 0.129 e. The van der Waals surface area contributed by atoms with Crippen molar-refractivity contribution in [3.63, 3.8) is 0 Å². The van der Waals surface area contributed by atoms with E-state index in [-0.39, 0.29) is 0 Å². The predicted molar refractivity (Wildman–Crippen MR) is 50.8 cm³/mol. The first kappa shape index (κ1) is 8.08. The summed E-state index contributed by atoms with van der Waals surface area (Å²) in [5.41, 5.74) is 0. The highest BCUT2D eigenvalue weighted by Crippen LogP contribution is 2.31. The maximum absolute atomic E-state index is 5.14. The zero-order valence-electron chi connectivity index (χ0n) is 7.17. The molecule has 0 aliphatic carbocycles. The fraction of sp³-hybridized carbons (Fsp3) is 0.556. The van der Waals surface area contributed by atoms with E-state index >= 15 is 0 Å². The first-order valence-electron chi connectivity index (χ1n) is 4.26. The van der Waals surface area contributed by atoms with Crippen LogP contribution in [-0.4, -0.2) is 13.7 Å². The van der Waals surface area contributed by atoms with E-state index in [2.05, 4.69) is 16.8 Å². The lowest BCUT2D eigenvalue weighted by Gasteiger charge is -2.05. The summed E-state index contributed by atoms with van der Waals surface area (Å²) < 4.78 is 5.14. The molecular formula is C9H13NOS. The summed E-state index contributed by atoms with van der Waals surface area (Å²) in [4.78, 5) is 1.41. The van der Waals surface area contributed by atoms with Crippen LogP contribution in [0.3, 0.4) is 0 Å². The minimum atomic E-state index is 0.582. The summed E-state index contributed by atoms with van der Waals surface area (Å²) in [5, 5.41) is 5.53. The van der Waals surface area contributed by atoms with Crippen molar-refractivity contribution < 1.29 is 4.74 Å². The smallest absolute Gasteiger partial charge is 0.129 e. The number of ether oxygens (including phenoxy) is 1. The van der Waals surface area contributed by atoms with Crippen LogP contribution in [-0.2, 0) is 0 Å². The van der Waals surface area contributed by atoms with Crippen LogP contribution in [0.25, 0.3) is 0 Å². The summed E-state index contributed by atoms with van der Waals surface area (Å²) in [5.74, 6) is 0.990. The molecule has 66 valence electrons. The van der Waals surface area contributed by atoms with Gasteiger partial charge in [0.2, 0.25) is 0 Å². The van der Waals surface area contributed by atoms with E-state index in [1.807, 2.05) is 0 Å². The molecule has 0 saturated carbocycles. The number of methoxy groups -OCH3 is 1. The Labute approximate surface area is 76.6 Å². The lowest BCUT2D eigenvalue weighted by atomic mass is 10.2. The van der Waals surface area contributed by atoms with Gasteiger partial charge < -0.3 is 10.1 Å². The SMILES string of the molecule is COc1csc([C@@H]2CCCN2)c1. The largest absolute Gasteiger partial charge is 0.496 e. The van der Waals surface area contributed by atoms with Crippen LogP contribution in [0.5, 0.6) is 5.75 Å². The number of hydrogen-bond donors (Lipinski definition) is 1. The van der Waals surface area contributed by atoms with Crippen molar-refractivity contribution in [2.45, 2.75) is 18.9 Å². The fourth-order valence-corrected chi connectivity index (χ4v) is 2.52. The van der Waals surface area contributed by atoms with Crippen LogP contribution >= 0.6 is 11.3 Å². The Morgan fingerprint density at radius 3 is 3.17 bits per heavy atom. The highest BCUT2D eigenvalue weighted by Gasteiger charge is 2.17. The fourth-order valence-electron chi connectivity index (χ4n) is 1.55. The average molecular weight is 183 g/mol. The quantitative estimate of drug-likeness (QED) is 0.758. The third kappa shape index (κ3) is 1.47. The summed E-state index contributed by atoms with van der Waals surface area (Å²) >= 11 is 1.78. The molecule has 0 bridgehead atoms. The highest BCUT2D eigenvalue weighted by molar-refractivity contribution is 7.10. The molecule has 1 fully saturated rings. The van der Waals surface area contributed by atoms with Gasteiger partial charge in [-0.25, -0.2) is 0 Å². The van der Waals surface area contributed by atoms with E-state index in [1.165, 1.54) is 17.7 Å². The number of rotatable bonds is 2. The van der Waals surface area contributed by atoms with E-state index in [0.717, 1.165) is 12.3 Å². The van der Waals surface area contributed by atoms with E-state index in [4.69, 9.17) is 4.74 Å². The zero-order valence-corrected chi connectivity index (χ0v) is 7.99. The Kier molecular flexibility index (Phi) is 2.33. The number of thiophene rings is 1. The van der Waals surface area contributed by atoms with Gasteiger partial charge in [-0.3, -0.25) is 0 Å². The second-order valence-electron chi connectivity index (χ2n) is 3.04. The normalized spacial score (nSPS) is 22.9. The zero-order chi connectivity index (χ0) is 8.39. The van der Waals surface area contributed by atoms with Crippen LogP contribution in [0, 0.1) is 0 Å². The predicted octanol–water partition coefficient (Wildman–Crippen LogP) is 2.18. The minimum absolute atomic E-state index is 0.582. The first-order chi connectivity index (χ1) is 5.90. The van der Waals surface area contributed by atoms with Gasteiger partial charge >= 0.3 is 0 Å². The summed E-state index contributed by atoms with van der Waals surface area (Å²) in [6, 6.07) is 2.71. The highest BCUT2D eigenvalue weighted by atomic mass is 32.1. The monoisotopic (exact) mass is 183 g/mol. The molecule has 12 heavy (non-hydrogen) atoms. The molecule has 1 saturated heterocycles. The molecule has 0 unspecified atom stereocenters. The molecule has 1 N–H and O–H groups in total. The van der Waals surface area contributed by atoms with Gasteiger partial charge in [0.1, 0.15) is 5.75 Å². The molecule has 1 atom stereocenters. The Hall–Kier alpha value is -0.540. The van der Waals surface area contributed by atoms with Gasteiger partial charge in [0.15, 0.2) is 0 Å². The molecule has 1 aromatic rings. The lowest BCUT2D eigenvalue weighted by molar-refractivity contribution is 0.416. The standard InChI is InChI=1S/C9H13NOS/c1-11-7-5-9(12-6-7)8-3-2-4-10-8/h5-6,8,10H,2-4H2,1H3/t8-/m0/s1. The van der Waals surface area contributed by atoms with Gasteiger partial charge in [-0.2, -0.15) is 0 Å². The molecule has 1 aliphatic rings. The van der Waals surface area contributed by atoms with E-state index in [0.29, 0.717) is 6.04 Å². The summed E-state index contributed by atoms with van der Waals surface area (Å²) in [7, 11) is 1.72. The maximum atomic E-state index is 5.14. The topological polar surface area (TPSA) is 21.3 Å². The lowest BCUT2D eigenvalue weighted by Crippen LogP contribution is -2.11. The van der Waals surface area contributed by atoms with Crippen LogP contribution in [0.1, 0.15) is 23.8 Å². The Bertz CT molecular complexity index is 253. The second-order valence-corrected chi connectivity index (χ2v) is 3.98. The third-order valence-corrected chi connectivity index (χ3v) is 3.26. The molecule has 1 aromatic heterocycles. The first-order valence-corrected chi connectivity index (χ1v) is 5.14. The van der Waals surface area contributed by atoms with Crippen molar-refractivity contribution in [3.05, 3.63) is 16.3 Å². The van der Waals surface area contributed by atoms with Crippen molar-refractivity contribution in [1.82, 2.24) is 5.32 Å². The number of hydrogen-bond acceptors (Lipinski definition) is 3. The molecule has 2 nitrogen and oxygen atoms in total. The van der Waals surface area contributed by atoms with E-state index in [9.17, 15) is 0 Å². The van der Waals surface area contributed by atoms with Crippen LogP contribution in [0.15, 0.2) is 11.4 Å². The Morgan fingerprint density at radius 2 is 2.58 bits per heavy atom. The molecule has 1 aliphatic heterocycles. The molecule has 0 radical (unpaired) electrons. The van der Waals surface area contributed by atoms with Crippen LogP contribution in [0.4, 0.5) is 0 Å².